The molecule has 1 aromatic carbocycles. The zero-order valence-corrected chi connectivity index (χ0v) is 9.93. The van der Waals surface area contributed by atoms with Crippen LogP contribution in [0.25, 0.3) is 0 Å². The fraction of sp³-hybridized carbons (Fsp3) is 0.0769. The summed E-state index contributed by atoms with van der Waals surface area (Å²) < 4.78 is 0. The van der Waals surface area contributed by atoms with Crippen molar-refractivity contribution < 1.29 is 0 Å². The molecule has 0 aliphatic carbocycles. The van der Waals surface area contributed by atoms with Gasteiger partial charge in [0.2, 0.25) is 0 Å². The van der Waals surface area contributed by atoms with Gasteiger partial charge in [-0.05, 0) is 24.3 Å². The van der Waals surface area contributed by atoms with E-state index in [1.165, 1.54) is 6.33 Å². The second-order valence-corrected chi connectivity index (χ2v) is 3.71. The van der Waals surface area contributed by atoms with E-state index < -0.39 is 0 Å². The van der Waals surface area contributed by atoms with Gasteiger partial charge in [0.15, 0.2) is 0 Å². The molecule has 92 valence electrons. The minimum absolute atomic E-state index is 0.665. The van der Waals surface area contributed by atoms with E-state index in [1.54, 1.807) is 6.08 Å². The third-order valence-corrected chi connectivity index (χ3v) is 2.28. The van der Waals surface area contributed by atoms with E-state index in [2.05, 4.69) is 27.2 Å². The quantitative estimate of drug-likeness (QED) is 0.553. The molecule has 0 unspecified atom stereocenters. The molecule has 1 heterocycles. The Bertz CT molecular complexity index is 521. The van der Waals surface area contributed by atoms with Crippen molar-refractivity contribution in [1.29, 1.82) is 0 Å². The number of nitrogens with one attached hydrogen (secondary N) is 2. The third-order valence-electron chi connectivity index (χ3n) is 2.28. The first kappa shape index (κ1) is 11.9. The molecule has 0 aliphatic rings. The van der Waals surface area contributed by atoms with Crippen molar-refractivity contribution in [3.8, 4) is 0 Å². The van der Waals surface area contributed by atoms with Crippen LogP contribution in [0.5, 0.6) is 0 Å². The fourth-order valence-electron chi connectivity index (χ4n) is 1.41. The van der Waals surface area contributed by atoms with Gasteiger partial charge in [0.05, 0.1) is 0 Å². The first-order chi connectivity index (χ1) is 8.78. The summed E-state index contributed by atoms with van der Waals surface area (Å²) in [5.74, 6) is 1.48. The molecule has 18 heavy (non-hydrogen) atoms. The Balaban J connectivity index is 2.08. The molecule has 5 nitrogen and oxygen atoms in total. The van der Waals surface area contributed by atoms with E-state index in [0.29, 0.717) is 6.54 Å². The first-order valence-corrected chi connectivity index (χ1v) is 5.57. The Kier molecular flexibility index (Phi) is 3.76. The van der Waals surface area contributed by atoms with Crippen LogP contribution in [-0.4, -0.2) is 16.5 Å². The zero-order chi connectivity index (χ0) is 12.8. The number of nitrogens with two attached hydrogens (primary N) is 1. The van der Waals surface area contributed by atoms with Crippen molar-refractivity contribution in [2.45, 2.75) is 0 Å². The highest BCUT2D eigenvalue weighted by Gasteiger charge is 1.98. The second kappa shape index (κ2) is 5.67. The number of hydrogen-bond acceptors (Lipinski definition) is 5. The van der Waals surface area contributed by atoms with Crippen LogP contribution in [0.2, 0.25) is 0 Å². The Morgan fingerprint density at radius 3 is 2.61 bits per heavy atom. The molecular formula is C13H15N5. The van der Waals surface area contributed by atoms with Crippen molar-refractivity contribution >= 4 is 23.0 Å². The van der Waals surface area contributed by atoms with Gasteiger partial charge in [-0.3, -0.25) is 0 Å². The number of aromatic nitrogens is 2. The van der Waals surface area contributed by atoms with Crippen LogP contribution < -0.4 is 16.4 Å². The smallest absolute Gasteiger partial charge is 0.135 e. The summed E-state index contributed by atoms with van der Waals surface area (Å²) in [5.41, 5.74) is 7.29. The highest BCUT2D eigenvalue weighted by atomic mass is 15.1. The van der Waals surface area contributed by atoms with Crippen molar-refractivity contribution in [3.05, 3.63) is 49.3 Å². The molecule has 0 saturated carbocycles. The van der Waals surface area contributed by atoms with Crippen molar-refractivity contribution in [1.82, 2.24) is 9.97 Å². The van der Waals surface area contributed by atoms with Crippen LogP contribution in [0.15, 0.2) is 49.3 Å². The second-order valence-electron chi connectivity index (χ2n) is 3.71. The van der Waals surface area contributed by atoms with Gasteiger partial charge < -0.3 is 16.4 Å². The van der Waals surface area contributed by atoms with Gasteiger partial charge in [-0.15, -0.1) is 6.58 Å². The largest absolute Gasteiger partial charge is 0.399 e. The van der Waals surface area contributed by atoms with Gasteiger partial charge in [-0.25, -0.2) is 9.97 Å². The lowest BCUT2D eigenvalue weighted by Gasteiger charge is -2.07. The number of rotatable bonds is 5. The van der Waals surface area contributed by atoms with Crippen LogP contribution in [0.3, 0.4) is 0 Å². The highest BCUT2D eigenvalue weighted by molar-refractivity contribution is 5.61. The fourth-order valence-corrected chi connectivity index (χ4v) is 1.41. The predicted molar refractivity (Wildman–Crippen MR) is 74.9 cm³/mol. The zero-order valence-electron chi connectivity index (χ0n) is 9.93. The van der Waals surface area contributed by atoms with Gasteiger partial charge >= 0.3 is 0 Å². The molecule has 1 aromatic heterocycles. The lowest BCUT2D eigenvalue weighted by Crippen LogP contribution is -2.02. The van der Waals surface area contributed by atoms with Gasteiger partial charge in [-0.1, -0.05) is 6.08 Å². The highest BCUT2D eigenvalue weighted by Crippen LogP contribution is 2.17. The van der Waals surface area contributed by atoms with E-state index in [9.17, 15) is 0 Å². The Morgan fingerprint density at radius 1 is 1.17 bits per heavy atom. The van der Waals surface area contributed by atoms with Crippen LogP contribution in [0.4, 0.5) is 23.0 Å². The van der Waals surface area contributed by atoms with Crippen LogP contribution in [-0.2, 0) is 0 Å². The lowest BCUT2D eigenvalue weighted by atomic mass is 10.3. The summed E-state index contributed by atoms with van der Waals surface area (Å²) in [6, 6.07) is 9.29. The summed E-state index contributed by atoms with van der Waals surface area (Å²) in [4.78, 5) is 8.25. The standard InChI is InChI=1S/C13H15N5/c1-2-7-15-12-8-13(17-9-16-12)18-11-5-3-10(14)4-6-11/h2-6,8-9H,1,7,14H2,(H2,15,16,17,18). The van der Waals surface area contributed by atoms with Crippen LogP contribution in [0, 0.1) is 0 Å². The minimum atomic E-state index is 0.665. The van der Waals surface area contributed by atoms with Crippen molar-refractivity contribution in [2.75, 3.05) is 22.9 Å². The molecule has 0 bridgehead atoms. The SMILES string of the molecule is C=CCNc1cc(Nc2ccc(N)cc2)ncn1. The Labute approximate surface area is 106 Å². The summed E-state index contributed by atoms with van der Waals surface area (Å²) in [5, 5.41) is 6.28. The Morgan fingerprint density at radius 2 is 1.89 bits per heavy atom. The van der Waals surface area contributed by atoms with Crippen LogP contribution >= 0.6 is 0 Å². The number of anilines is 4. The lowest BCUT2D eigenvalue weighted by molar-refractivity contribution is 1.14. The topological polar surface area (TPSA) is 75.9 Å². The van der Waals surface area contributed by atoms with Crippen molar-refractivity contribution in [3.63, 3.8) is 0 Å². The molecular weight excluding hydrogens is 226 g/mol. The molecule has 0 atom stereocenters. The number of nitrogen functional groups attached to an aromatic ring is 1. The summed E-state index contributed by atoms with van der Waals surface area (Å²) >= 11 is 0. The molecule has 5 heteroatoms. The molecule has 0 aliphatic heterocycles. The molecule has 0 fully saturated rings. The van der Waals surface area contributed by atoms with Crippen molar-refractivity contribution in [2.24, 2.45) is 0 Å². The van der Waals surface area contributed by atoms with Gasteiger partial charge in [0.1, 0.15) is 18.0 Å². The van der Waals surface area contributed by atoms with E-state index in [0.717, 1.165) is 23.0 Å². The molecule has 2 aromatic rings. The molecule has 0 spiro atoms. The maximum atomic E-state index is 5.63. The summed E-state index contributed by atoms with van der Waals surface area (Å²) in [7, 11) is 0. The maximum absolute atomic E-state index is 5.63. The monoisotopic (exact) mass is 241 g/mol. The number of nitrogens with zero attached hydrogens (tertiary/aromatic N) is 2. The minimum Gasteiger partial charge on any atom is -0.399 e. The first-order valence-electron chi connectivity index (χ1n) is 5.57. The third kappa shape index (κ3) is 3.21. The van der Waals surface area contributed by atoms with E-state index in [-0.39, 0.29) is 0 Å². The number of hydrogen-bond donors (Lipinski definition) is 3. The molecule has 0 amide bonds. The summed E-state index contributed by atoms with van der Waals surface area (Å²) in [6.07, 6.45) is 3.28. The molecule has 4 N–H and O–H groups in total. The normalized spacial score (nSPS) is 9.78. The molecule has 2 rings (SSSR count). The number of benzene rings is 1. The summed E-state index contributed by atoms with van der Waals surface area (Å²) in [6.45, 7) is 4.31. The van der Waals surface area contributed by atoms with E-state index in [4.69, 9.17) is 5.73 Å². The van der Waals surface area contributed by atoms with Gasteiger partial charge in [-0.2, -0.15) is 0 Å². The van der Waals surface area contributed by atoms with Crippen LogP contribution in [0.1, 0.15) is 0 Å². The molecule has 0 saturated heterocycles. The molecule has 0 radical (unpaired) electrons. The average Bonchev–Trinajstić information content (AvgIpc) is 2.40. The predicted octanol–water partition coefficient (Wildman–Crippen LogP) is 2.40. The van der Waals surface area contributed by atoms with Gasteiger partial charge in [0.25, 0.3) is 0 Å². The Hall–Kier alpha value is -2.56. The van der Waals surface area contributed by atoms with E-state index in [1.807, 2.05) is 30.3 Å². The van der Waals surface area contributed by atoms with Gasteiger partial charge in [0, 0.05) is 24.0 Å². The average molecular weight is 241 g/mol. The van der Waals surface area contributed by atoms with E-state index >= 15 is 0 Å². The maximum Gasteiger partial charge on any atom is 0.135 e.